The second kappa shape index (κ2) is 4.82. The van der Waals surface area contributed by atoms with E-state index in [4.69, 9.17) is 4.52 Å². The highest BCUT2D eigenvalue weighted by atomic mass is 16.5. The van der Waals surface area contributed by atoms with Crippen LogP contribution in [-0.2, 0) is 6.42 Å². The van der Waals surface area contributed by atoms with Gasteiger partial charge in [-0.3, -0.25) is 0 Å². The van der Waals surface area contributed by atoms with E-state index in [1.807, 2.05) is 6.92 Å². The van der Waals surface area contributed by atoms with Gasteiger partial charge in [-0.15, -0.1) is 0 Å². The number of nitrogens with one attached hydrogen (secondary N) is 1. The van der Waals surface area contributed by atoms with E-state index < -0.39 is 5.97 Å². The fraction of sp³-hybridized carbons (Fsp3) is 0.364. The van der Waals surface area contributed by atoms with Crippen LogP contribution in [0.25, 0.3) is 11.4 Å². The normalized spacial score (nSPS) is 10.6. The number of rotatable bonds is 5. The summed E-state index contributed by atoms with van der Waals surface area (Å²) in [6.45, 7) is 2.03. The van der Waals surface area contributed by atoms with Gasteiger partial charge in [-0.1, -0.05) is 18.5 Å². The molecular formula is C11H13N3O3. The van der Waals surface area contributed by atoms with Crippen LogP contribution in [-0.4, -0.2) is 26.2 Å². The Morgan fingerprint density at radius 1 is 1.59 bits per heavy atom. The van der Waals surface area contributed by atoms with Crippen molar-refractivity contribution in [1.82, 2.24) is 15.1 Å². The van der Waals surface area contributed by atoms with Crippen molar-refractivity contribution < 1.29 is 14.4 Å². The maximum absolute atomic E-state index is 11.2. The molecule has 0 aromatic carbocycles. The molecule has 0 radical (unpaired) electrons. The Morgan fingerprint density at radius 2 is 2.41 bits per heavy atom. The fourth-order valence-electron chi connectivity index (χ4n) is 1.62. The monoisotopic (exact) mass is 235 g/mol. The maximum Gasteiger partial charge on any atom is 0.341 e. The number of carboxylic acid groups (broad SMARTS) is 1. The van der Waals surface area contributed by atoms with Crippen molar-refractivity contribution in [2.24, 2.45) is 0 Å². The average molecular weight is 235 g/mol. The van der Waals surface area contributed by atoms with Gasteiger partial charge < -0.3 is 14.6 Å². The lowest BCUT2D eigenvalue weighted by Crippen LogP contribution is -2.01. The molecule has 0 bridgehead atoms. The molecule has 0 fully saturated rings. The molecule has 0 atom stereocenters. The third-order valence-corrected chi connectivity index (χ3v) is 2.49. The first-order valence-corrected chi connectivity index (χ1v) is 5.44. The van der Waals surface area contributed by atoms with Crippen LogP contribution in [0.4, 0.5) is 0 Å². The van der Waals surface area contributed by atoms with Crippen molar-refractivity contribution in [3.8, 4) is 11.4 Å². The zero-order valence-electron chi connectivity index (χ0n) is 9.43. The summed E-state index contributed by atoms with van der Waals surface area (Å²) in [6, 6.07) is 0. The van der Waals surface area contributed by atoms with Crippen LogP contribution in [0, 0.1) is 0 Å². The highest BCUT2D eigenvalue weighted by Gasteiger charge is 2.23. The Morgan fingerprint density at radius 3 is 3.00 bits per heavy atom. The van der Waals surface area contributed by atoms with Crippen molar-refractivity contribution in [2.75, 3.05) is 0 Å². The SMILES string of the molecule is CCCCc1onc(-c2cnc[nH]2)c1C(=O)O. The van der Waals surface area contributed by atoms with Crippen LogP contribution in [0.5, 0.6) is 0 Å². The summed E-state index contributed by atoms with van der Waals surface area (Å²) in [5.41, 5.74) is 0.984. The number of aromatic nitrogens is 3. The number of aromatic amines is 1. The summed E-state index contributed by atoms with van der Waals surface area (Å²) in [6.07, 6.45) is 5.42. The van der Waals surface area contributed by atoms with Gasteiger partial charge in [-0.05, 0) is 6.42 Å². The minimum Gasteiger partial charge on any atom is -0.477 e. The number of hydrogen-bond acceptors (Lipinski definition) is 4. The Kier molecular flexibility index (Phi) is 3.22. The quantitative estimate of drug-likeness (QED) is 0.827. The average Bonchev–Trinajstić information content (AvgIpc) is 2.94. The molecule has 2 aromatic rings. The van der Waals surface area contributed by atoms with Crippen LogP contribution in [0.1, 0.15) is 35.9 Å². The molecule has 90 valence electrons. The zero-order valence-corrected chi connectivity index (χ0v) is 9.43. The molecule has 2 aromatic heterocycles. The Bertz CT molecular complexity index is 502. The number of carbonyl (C=O) groups is 1. The first-order valence-electron chi connectivity index (χ1n) is 5.44. The molecule has 0 saturated carbocycles. The standard InChI is InChI=1S/C11H13N3O3/c1-2-3-4-8-9(11(15)16)10(14-17-8)7-5-12-6-13-7/h5-6H,2-4H2,1H3,(H,12,13)(H,15,16). The molecular weight excluding hydrogens is 222 g/mol. The number of imidazole rings is 1. The topological polar surface area (TPSA) is 92.0 Å². The molecule has 0 amide bonds. The van der Waals surface area contributed by atoms with Crippen molar-refractivity contribution in [3.63, 3.8) is 0 Å². The second-order valence-electron chi connectivity index (χ2n) is 3.70. The largest absolute Gasteiger partial charge is 0.477 e. The third kappa shape index (κ3) is 2.20. The number of nitrogens with zero attached hydrogens (tertiary/aromatic N) is 2. The van der Waals surface area contributed by atoms with E-state index in [0.29, 0.717) is 23.6 Å². The van der Waals surface area contributed by atoms with Crippen LogP contribution in [0.15, 0.2) is 17.0 Å². The van der Waals surface area contributed by atoms with Gasteiger partial charge in [-0.25, -0.2) is 9.78 Å². The molecule has 2 rings (SSSR count). The van der Waals surface area contributed by atoms with Crippen molar-refractivity contribution in [1.29, 1.82) is 0 Å². The summed E-state index contributed by atoms with van der Waals surface area (Å²) < 4.78 is 5.10. The number of unbranched alkanes of at least 4 members (excludes halogenated alkanes) is 1. The van der Waals surface area contributed by atoms with Crippen LogP contribution in [0.3, 0.4) is 0 Å². The lowest BCUT2D eigenvalue weighted by molar-refractivity contribution is 0.0695. The van der Waals surface area contributed by atoms with E-state index in [1.165, 1.54) is 12.5 Å². The number of carboxylic acids is 1. The van der Waals surface area contributed by atoms with E-state index in [1.54, 1.807) is 0 Å². The minimum atomic E-state index is -1.03. The molecule has 2 heterocycles. The fourth-order valence-corrected chi connectivity index (χ4v) is 1.62. The second-order valence-corrected chi connectivity index (χ2v) is 3.70. The van der Waals surface area contributed by atoms with Gasteiger partial charge in [0.2, 0.25) is 0 Å². The summed E-state index contributed by atoms with van der Waals surface area (Å²) in [7, 11) is 0. The van der Waals surface area contributed by atoms with Gasteiger partial charge in [0.15, 0.2) is 5.76 Å². The first-order chi connectivity index (χ1) is 8.24. The van der Waals surface area contributed by atoms with Gasteiger partial charge >= 0.3 is 5.97 Å². The van der Waals surface area contributed by atoms with Crippen molar-refractivity contribution in [3.05, 3.63) is 23.8 Å². The summed E-state index contributed by atoms with van der Waals surface area (Å²) in [5.74, 6) is -0.606. The summed E-state index contributed by atoms with van der Waals surface area (Å²) >= 11 is 0. The van der Waals surface area contributed by atoms with E-state index in [2.05, 4.69) is 15.1 Å². The Balaban J connectivity index is 2.40. The number of hydrogen-bond donors (Lipinski definition) is 2. The van der Waals surface area contributed by atoms with Gasteiger partial charge in [0.1, 0.15) is 11.3 Å². The molecule has 2 N–H and O–H groups in total. The van der Waals surface area contributed by atoms with Crippen LogP contribution >= 0.6 is 0 Å². The van der Waals surface area contributed by atoms with Crippen molar-refractivity contribution >= 4 is 5.97 Å². The number of aryl methyl sites for hydroxylation is 1. The molecule has 0 aliphatic carbocycles. The molecule has 0 aliphatic rings. The minimum absolute atomic E-state index is 0.128. The molecule has 0 aliphatic heterocycles. The van der Waals surface area contributed by atoms with Gasteiger partial charge in [-0.2, -0.15) is 0 Å². The molecule has 17 heavy (non-hydrogen) atoms. The molecule has 0 saturated heterocycles. The molecule has 0 unspecified atom stereocenters. The van der Waals surface area contributed by atoms with E-state index in [-0.39, 0.29) is 5.56 Å². The maximum atomic E-state index is 11.2. The number of aromatic carboxylic acids is 1. The molecule has 6 heteroatoms. The number of H-pyrrole nitrogens is 1. The predicted molar refractivity (Wildman–Crippen MR) is 59.7 cm³/mol. The smallest absolute Gasteiger partial charge is 0.341 e. The van der Waals surface area contributed by atoms with Crippen molar-refractivity contribution in [2.45, 2.75) is 26.2 Å². The predicted octanol–water partition coefficient (Wildman–Crippen LogP) is 2.11. The highest BCUT2D eigenvalue weighted by Crippen LogP contribution is 2.24. The highest BCUT2D eigenvalue weighted by molar-refractivity contribution is 5.95. The summed E-state index contributed by atoms with van der Waals surface area (Å²) in [5, 5.41) is 13.0. The van der Waals surface area contributed by atoms with Gasteiger partial charge in [0.05, 0.1) is 18.2 Å². The van der Waals surface area contributed by atoms with E-state index in [0.717, 1.165) is 12.8 Å². The van der Waals surface area contributed by atoms with Crippen LogP contribution in [0.2, 0.25) is 0 Å². The van der Waals surface area contributed by atoms with Crippen LogP contribution < -0.4 is 0 Å². The van der Waals surface area contributed by atoms with E-state index >= 15 is 0 Å². The molecule has 0 spiro atoms. The first kappa shape index (κ1) is 11.4. The van der Waals surface area contributed by atoms with E-state index in [9.17, 15) is 9.90 Å². The Hall–Kier alpha value is -2.11. The summed E-state index contributed by atoms with van der Waals surface area (Å²) in [4.78, 5) is 17.9. The lowest BCUT2D eigenvalue weighted by atomic mass is 10.1. The Labute approximate surface area is 97.7 Å². The van der Waals surface area contributed by atoms with Gasteiger partial charge in [0, 0.05) is 6.42 Å². The molecule has 6 nitrogen and oxygen atoms in total. The van der Waals surface area contributed by atoms with Gasteiger partial charge in [0.25, 0.3) is 0 Å². The lowest BCUT2D eigenvalue weighted by Gasteiger charge is -1.96. The zero-order chi connectivity index (χ0) is 12.3. The third-order valence-electron chi connectivity index (χ3n) is 2.49.